The van der Waals surface area contributed by atoms with E-state index in [-0.39, 0.29) is 5.41 Å². The van der Waals surface area contributed by atoms with Crippen LogP contribution in [0.4, 0.5) is 4.79 Å². The molecule has 82 valence electrons. The second-order valence-corrected chi connectivity index (χ2v) is 4.53. The summed E-state index contributed by atoms with van der Waals surface area (Å²) >= 11 is 0. The Hall–Kier alpha value is -0.770. The highest BCUT2D eigenvalue weighted by molar-refractivity contribution is 5.64. The van der Waals surface area contributed by atoms with Gasteiger partial charge in [-0.3, -0.25) is 0 Å². The summed E-state index contributed by atoms with van der Waals surface area (Å²) in [5.74, 6) is 0.558. The van der Waals surface area contributed by atoms with E-state index >= 15 is 0 Å². The van der Waals surface area contributed by atoms with E-state index < -0.39 is 6.09 Å². The zero-order valence-corrected chi connectivity index (χ0v) is 8.88. The first-order valence-corrected chi connectivity index (χ1v) is 5.07. The Bertz CT molecular complexity index is 198. The number of amides is 1. The van der Waals surface area contributed by atoms with Crippen LogP contribution in [0.5, 0.6) is 0 Å². The van der Waals surface area contributed by atoms with Crippen LogP contribution in [0.3, 0.4) is 0 Å². The van der Waals surface area contributed by atoms with Gasteiger partial charge in [-0.1, -0.05) is 13.8 Å². The summed E-state index contributed by atoms with van der Waals surface area (Å²) in [6.45, 7) is 6.35. The van der Waals surface area contributed by atoms with E-state index in [4.69, 9.17) is 9.84 Å². The van der Waals surface area contributed by atoms with Crippen LogP contribution in [0.15, 0.2) is 0 Å². The lowest BCUT2D eigenvalue weighted by Gasteiger charge is -2.36. The first-order chi connectivity index (χ1) is 6.52. The lowest BCUT2D eigenvalue weighted by molar-refractivity contribution is 0.0231. The fourth-order valence-electron chi connectivity index (χ4n) is 1.93. The molecule has 1 aliphatic heterocycles. The smallest absolute Gasteiger partial charge is 0.404 e. The van der Waals surface area contributed by atoms with Gasteiger partial charge in [-0.2, -0.15) is 0 Å². The fourth-order valence-corrected chi connectivity index (χ4v) is 1.93. The molecular formula is C10H19NO3. The molecule has 0 unspecified atom stereocenters. The molecular weight excluding hydrogens is 182 g/mol. The molecule has 0 bridgehead atoms. The second-order valence-electron chi connectivity index (χ2n) is 4.53. The topological polar surface area (TPSA) is 58.6 Å². The maximum atomic E-state index is 10.4. The van der Waals surface area contributed by atoms with Crippen LogP contribution in [0, 0.1) is 11.3 Å². The Kier molecular flexibility index (Phi) is 3.75. The van der Waals surface area contributed by atoms with Crippen molar-refractivity contribution in [2.24, 2.45) is 11.3 Å². The van der Waals surface area contributed by atoms with Crippen LogP contribution in [-0.4, -0.2) is 31.0 Å². The lowest BCUT2D eigenvalue weighted by Crippen LogP contribution is -2.40. The lowest BCUT2D eigenvalue weighted by atomic mass is 9.74. The zero-order chi connectivity index (χ0) is 10.6. The van der Waals surface area contributed by atoms with Crippen molar-refractivity contribution in [2.75, 3.05) is 19.8 Å². The van der Waals surface area contributed by atoms with Crippen molar-refractivity contribution < 1.29 is 14.6 Å². The molecule has 0 aliphatic carbocycles. The Morgan fingerprint density at radius 1 is 1.50 bits per heavy atom. The van der Waals surface area contributed by atoms with Crippen LogP contribution >= 0.6 is 0 Å². The highest BCUT2D eigenvalue weighted by Gasteiger charge is 2.31. The first-order valence-electron chi connectivity index (χ1n) is 5.07. The van der Waals surface area contributed by atoms with Gasteiger partial charge in [-0.25, -0.2) is 4.79 Å². The predicted octanol–water partition coefficient (Wildman–Crippen LogP) is 1.71. The maximum absolute atomic E-state index is 10.4. The fraction of sp³-hybridized carbons (Fsp3) is 0.900. The van der Waals surface area contributed by atoms with Gasteiger partial charge in [0, 0.05) is 19.8 Å². The van der Waals surface area contributed by atoms with Crippen molar-refractivity contribution in [1.29, 1.82) is 0 Å². The summed E-state index contributed by atoms with van der Waals surface area (Å²) in [5.41, 5.74) is 0.0299. The van der Waals surface area contributed by atoms with E-state index in [0.29, 0.717) is 12.5 Å². The number of hydrogen-bond acceptors (Lipinski definition) is 2. The predicted molar refractivity (Wildman–Crippen MR) is 53.4 cm³/mol. The number of carbonyl (C=O) groups is 1. The number of rotatable bonds is 3. The maximum Gasteiger partial charge on any atom is 0.404 e. The summed E-state index contributed by atoms with van der Waals surface area (Å²) in [6, 6.07) is 0. The van der Waals surface area contributed by atoms with E-state index in [2.05, 4.69) is 19.2 Å². The molecule has 1 heterocycles. The Morgan fingerprint density at radius 3 is 2.57 bits per heavy atom. The summed E-state index contributed by atoms with van der Waals surface area (Å²) < 4.78 is 5.28. The first kappa shape index (κ1) is 11.3. The van der Waals surface area contributed by atoms with Crippen molar-refractivity contribution in [2.45, 2.75) is 26.7 Å². The standard InChI is InChI=1S/C10H19NO3/c1-10(2,7-11-9(12)13)8-3-5-14-6-4-8/h8,11H,3-7H2,1-2H3,(H,12,13). The minimum absolute atomic E-state index is 0.0299. The minimum atomic E-state index is -0.940. The zero-order valence-electron chi connectivity index (χ0n) is 8.88. The van der Waals surface area contributed by atoms with Crippen molar-refractivity contribution in [3.8, 4) is 0 Å². The molecule has 4 heteroatoms. The summed E-state index contributed by atoms with van der Waals surface area (Å²) in [7, 11) is 0. The Balaban J connectivity index is 2.41. The molecule has 0 aromatic carbocycles. The molecule has 14 heavy (non-hydrogen) atoms. The molecule has 2 N–H and O–H groups in total. The van der Waals surface area contributed by atoms with Gasteiger partial charge in [0.1, 0.15) is 0 Å². The van der Waals surface area contributed by atoms with E-state index in [1.165, 1.54) is 0 Å². The highest BCUT2D eigenvalue weighted by atomic mass is 16.5. The summed E-state index contributed by atoms with van der Waals surface area (Å²) in [5, 5.41) is 11.0. The molecule has 0 spiro atoms. The summed E-state index contributed by atoms with van der Waals surface area (Å²) in [4.78, 5) is 10.4. The van der Waals surface area contributed by atoms with E-state index in [1.807, 2.05) is 0 Å². The second kappa shape index (κ2) is 4.64. The molecule has 4 nitrogen and oxygen atoms in total. The van der Waals surface area contributed by atoms with Gasteiger partial charge in [0.25, 0.3) is 0 Å². The average Bonchev–Trinajstić information content (AvgIpc) is 2.16. The highest BCUT2D eigenvalue weighted by Crippen LogP contribution is 2.33. The van der Waals surface area contributed by atoms with Gasteiger partial charge in [0.05, 0.1) is 0 Å². The van der Waals surface area contributed by atoms with Gasteiger partial charge in [0.2, 0.25) is 0 Å². The van der Waals surface area contributed by atoms with Crippen molar-refractivity contribution in [3.63, 3.8) is 0 Å². The molecule has 0 atom stereocenters. The van der Waals surface area contributed by atoms with Gasteiger partial charge in [-0.15, -0.1) is 0 Å². The molecule has 0 saturated carbocycles. The molecule has 1 fully saturated rings. The monoisotopic (exact) mass is 201 g/mol. The Labute approximate surface area is 84.6 Å². The van der Waals surface area contributed by atoms with Crippen molar-refractivity contribution >= 4 is 6.09 Å². The SMILES string of the molecule is CC(C)(CNC(=O)O)C1CCOCC1. The van der Waals surface area contributed by atoms with Crippen LogP contribution in [0.2, 0.25) is 0 Å². The van der Waals surface area contributed by atoms with Crippen molar-refractivity contribution in [3.05, 3.63) is 0 Å². The minimum Gasteiger partial charge on any atom is -0.465 e. The van der Waals surface area contributed by atoms with Crippen LogP contribution in [0.1, 0.15) is 26.7 Å². The van der Waals surface area contributed by atoms with Gasteiger partial charge in [0.15, 0.2) is 0 Å². The number of nitrogens with one attached hydrogen (secondary N) is 1. The number of ether oxygens (including phenoxy) is 1. The van der Waals surface area contributed by atoms with Gasteiger partial charge >= 0.3 is 6.09 Å². The molecule has 1 rings (SSSR count). The molecule has 0 radical (unpaired) electrons. The van der Waals surface area contributed by atoms with Crippen LogP contribution in [0.25, 0.3) is 0 Å². The Morgan fingerprint density at radius 2 is 2.07 bits per heavy atom. The normalized spacial score (nSPS) is 19.3. The largest absolute Gasteiger partial charge is 0.465 e. The van der Waals surface area contributed by atoms with Gasteiger partial charge in [-0.05, 0) is 24.2 Å². The van der Waals surface area contributed by atoms with E-state index in [9.17, 15) is 4.79 Å². The third kappa shape index (κ3) is 3.18. The van der Waals surface area contributed by atoms with E-state index in [0.717, 1.165) is 26.1 Å². The van der Waals surface area contributed by atoms with E-state index in [1.54, 1.807) is 0 Å². The van der Waals surface area contributed by atoms with Gasteiger partial charge < -0.3 is 15.2 Å². The van der Waals surface area contributed by atoms with Crippen molar-refractivity contribution in [1.82, 2.24) is 5.32 Å². The number of carboxylic acid groups (broad SMARTS) is 1. The third-order valence-electron chi connectivity index (χ3n) is 3.02. The quantitative estimate of drug-likeness (QED) is 0.730. The molecule has 1 aliphatic rings. The molecule has 1 saturated heterocycles. The third-order valence-corrected chi connectivity index (χ3v) is 3.02. The number of hydrogen-bond donors (Lipinski definition) is 2. The van der Waals surface area contributed by atoms with Crippen LogP contribution < -0.4 is 5.32 Å². The molecule has 0 aromatic rings. The summed E-state index contributed by atoms with van der Waals surface area (Å²) in [6.07, 6.45) is 1.13. The van der Waals surface area contributed by atoms with Crippen LogP contribution in [-0.2, 0) is 4.74 Å². The molecule has 1 amide bonds. The molecule has 0 aromatic heterocycles. The average molecular weight is 201 g/mol.